The second-order valence-corrected chi connectivity index (χ2v) is 12.9. The quantitative estimate of drug-likeness (QED) is 0.515. The van der Waals surface area contributed by atoms with Crippen molar-refractivity contribution in [3.8, 4) is 0 Å². The highest BCUT2D eigenvalue weighted by Crippen LogP contribution is 2.68. The summed E-state index contributed by atoms with van der Waals surface area (Å²) in [7, 11) is 0. The number of fused-ring (bicyclic) bond motifs is 5. The van der Waals surface area contributed by atoms with Crippen LogP contribution in [0.3, 0.4) is 0 Å². The van der Waals surface area contributed by atoms with Gasteiger partial charge in [0.15, 0.2) is 0 Å². The van der Waals surface area contributed by atoms with Gasteiger partial charge < -0.3 is 20.4 Å². The molecule has 0 aromatic heterocycles. The molecular weight excluding hydrogens is 388 g/mol. The fourth-order valence-corrected chi connectivity index (χ4v) is 9.31. The molecule has 4 rings (SSSR count). The lowest BCUT2D eigenvalue weighted by Gasteiger charge is -2.62. The van der Waals surface area contributed by atoms with Crippen molar-refractivity contribution in [2.45, 2.75) is 117 Å². The first-order valence-electron chi connectivity index (χ1n) is 13.2. The van der Waals surface area contributed by atoms with Gasteiger partial charge in [-0.3, -0.25) is 0 Å². The molecule has 0 heterocycles. The first kappa shape index (κ1) is 24.0. The molecule has 4 N–H and O–H groups in total. The Morgan fingerprint density at radius 2 is 1.58 bits per heavy atom. The minimum atomic E-state index is -0.419. The van der Waals surface area contributed by atoms with Crippen LogP contribution < -0.4 is 0 Å². The molecule has 180 valence electrons. The van der Waals surface area contributed by atoms with Crippen molar-refractivity contribution in [2.75, 3.05) is 0 Å². The Morgan fingerprint density at radius 3 is 2.26 bits per heavy atom. The zero-order valence-electron chi connectivity index (χ0n) is 20.5. The van der Waals surface area contributed by atoms with E-state index in [2.05, 4.69) is 34.6 Å². The predicted molar refractivity (Wildman–Crippen MR) is 123 cm³/mol. The summed E-state index contributed by atoms with van der Waals surface area (Å²) in [6.45, 7) is 11.3. The standard InChI is InChI=1S/C27H48O4/c1-15(2)6-9-22(29)16(3)25-23(30)14-21-19-8-7-17-12-18(28)13-24(31)27(17,5)20(19)10-11-26(21,25)4/h15-25,28-31H,6-14H2,1-5H3/t16-,17+,18-,19-,20+,21+,22+,23+,24-,25+,26+,27+/m1/s1. The lowest BCUT2D eigenvalue weighted by molar-refractivity contribution is -0.183. The molecule has 4 aliphatic carbocycles. The molecule has 0 unspecified atom stereocenters. The van der Waals surface area contributed by atoms with Crippen molar-refractivity contribution in [2.24, 2.45) is 52.3 Å². The first-order chi connectivity index (χ1) is 14.5. The lowest BCUT2D eigenvalue weighted by atomic mass is 9.43. The van der Waals surface area contributed by atoms with E-state index in [1.807, 2.05) is 0 Å². The topological polar surface area (TPSA) is 80.9 Å². The predicted octanol–water partition coefficient (Wildman–Crippen LogP) is 4.38. The van der Waals surface area contributed by atoms with E-state index in [4.69, 9.17) is 0 Å². The van der Waals surface area contributed by atoms with E-state index in [1.165, 1.54) is 0 Å². The van der Waals surface area contributed by atoms with Crippen LogP contribution in [0, 0.1) is 52.3 Å². The number of aliphatic hydroxyl groups excluding tert-OH is 4. The molecule has 4 nitrogen and oxygen atoms in total. The minimum absolute atomic E-state index is 0.0706. The molecule has 0 saturated heterocycles. The van der Waals surface area contributed by atoms with Crippen LogP contribution in [0.5, 0.6) is 0 Å². The SMILES string of the molecule is CC(C)CC[C@H](O)[C@@H](C)[C@H]1[C@@H](O)C[C@H]2[C@@H]3CC[C@H]4C[C@@H](O)C[C@@H](O)[C@]4(C)[C@H]3CC[C@]12C. The first-order valence-corrected chi connectivity index (χ1v) is 13.2. The average molecular weight is 437 g/mol. The van der Waals surface area contributed by atoms with Crippen molar-refractivity contribution in [1.82, 2.24) is 0 Å². The van der Waals surface area contributed by atoms with Crippen molar-refractivity contribution in [1.29, 1.82) is 0 Å². The van der Waals surface area contributed by atoms with Gasteiger partial charge in [-0.05, 0) is 110 Å². The van der Waals surface area contributed by atoms with Gasteiger partial charge in [-0.2, -0.15) is 0 Å². The molecule has 0 aromatic carbocycles. The Kier molecular flexibility index (Phi) is 6.62. The van der Waals surface area contributed by atoms with Crippen LogP contribution in [0.4, 0.5) is 0 Å². The zero-order chi connectivity index (χ0) is 22.7. The average Bonchev–Trinajstić information content (AvgIpc) is 2.96. The summed E-state index contributed by atoms with van der Waals surface area (Å²) in [5.41, 5.74) is -0.0317. The van der Waals surface area contributed by atoms with Gasteiger partial charge in [-0.1, -0.05) is 34.6 Å². The highest BCUT2D eigenvalue weighted by Gasteiger charge is 2.64. The summed E-state index contributed by atoms with van der Waals surface area (Å²) in [4.78, 5) is 0. The van der Waals surface area contributed by atoms with Crippen LogP contribution in [0.1, 0.15) is 92.4 Å². The van der Waals surface area contributed by atoms with Gasteiger partial charge >= 0.3 is 0 Å². The highest BCUT2D eigenvalue weighted by molar-refractivity contribution is 5.13. The van der Waals surface area contributed by atoms with E-state index in [0.717, 1.165) is 51.4 Å². The summed E-state index contributed by atoms with van der Waals surface area (Å²) in [5, 5.41) is 43.6. The molecule has 0 amide bonds. The lowest BCUT2D eigenvalue weighted by Crippen LogP contribution is -2.59. The van der Waals surface area contributed by atoms with Crippen LogP contribution in [-0.4, -0.2) is 44.8 Å². The zero-order valence-corrected chi connectivity index (χ0v) is 20.5. The van der Waals surface area contributed by atoms with Gasteiger partial charge in [0.1, 0.15) is 0 Å². The van der Waals surface area contributed by atoms with Gasteiger partial charge in [0, 0.05) is 0 Å². The number of aliphatic hydroxyl groups is 4. The van der Waals surface area contributed by atoms with Gasteiger partial charge in [0.2, 0.25) is 0 Å². The smallest absolute Gasteiger partial charge is 0.0623 e. The molecule has 0 aromatic rings. The summed E-state index contributed by atoms with van der Waals surface area (Å²) in [5.74, 6) is 2.78. The number of hydrogen-bond donors (Lipinski definition) is 4. The van der Waals surface area contributed by atoms with Crippen molar-refractivity contribution in [3.63, 3.8) is 0 Å². The normalized spacial score (nSPS) is 51.7. The number of rotatable bonds is 5. The van der Waals surface area contributed by atoms with E-state index < -0.39 is 6.10 Å². The Labute approximate surface area is 189 Å². The van der Waals surface area contributed by atoms with Crippen molar-refractivity contribution >= 4 is 0 Å². The highest BCUT2D eigenvalue weighted by atomic mass is 16.3. The Hall–Kier alpha value is -0.160. The van der Waals surface area contributed by atoms with E-state index in [-0.39, 0.29) is 41.0 Å². The molecule has 4 fully saturated rings. The molecule has 12 atom stereocenters. The Balaban J connectivity index is 1.55. The van der Waals surface area contributed by atoms with Crippen molar-refractivity contribution < 1.29 is 20.4 Å². The van der Waals surface area contributed by atoms with Gasteiger partial charge in [-0.15, -0.1) is 0 Å². The van der Waals surface area contributed by atoms with Crippen LogP contribution in [0.2, 0.25) is 0 Å². The van der Waals surface area contributed by atoms with E-state index in [0.29, 0.717) is 36.0 Å². The summed E-state index contributed by atoms with van der Waals surface area (Å²) >= 11 is 0. The van der Waals surface area contributed by atoms with E-state index in [1.54, 1.807) is 0 Å². The molecule has 0 spiro atoms. The Bertz CT molecular complexity index is 637. The molecule has 0 aliphatic heterocycles. The fraction of sp³-hybridized carbons (Fsp3) is 1.00. The maximum atomic E-state index is 11.3. The molecule has 0 radical (unpaired) electrons. The van der Waals surface area contributed by atoms with Gasteiger partial charge in [0.05, 0.1) is 24.4 Å². The summed E-state index contributed by atoms with van der Waals surface area (Å²) in [6, 6.07) is 0. The second kappa shape index (κ2) is 8.56. The third-order valence-electron chi connectivity index (χ3n) is 11.1. The van der Waals surface area contributed by atoms with Gasteiger partial charge in [0.25, 0.3) is 0 Å². The molecule has 4 aliphatic rings. The van der Waals surface area contributed by atoms with Crippen LogP contribution in [0.25, 0.3) is 0 Å². The maximum absolute atomic E-state index is 11.3. The largest absolute Gasteiger partial charge is 0.393 e. The van der Waals surface area contributed by atoms with Crippen molar-refractivity contribution in [3.05, 3.63) is 0 Å². The van der Waals surface area contributed by atoms with E-state index >= 15 is 0 Å². The van der Waals surface area contributed by atoms with Crippen LogP contribution in [0.15, 0.2) is 0 Å². The Morgan fingerprint density at radius 1 is 0.871 bits per heavy atom. The molecular formula is C27H48O4. The monoisotopic (exact) mass is 436 g/mol. The third-order valence-corrected chi connectivity index (χ3v) is 11.1. The third kappa shape index (κ3) is 3.82. The summed E-state index contributed by atoms with van der Waals surface area (Å²) < 4.78 is 0. The van der Waals surface area contributed by atoms with E-state index in [9.17, 15) is 20.4 Å². The second-order valence-electron chi connectivity index (χ2n) is 12.9. The fourth-order valence-electron chi connectivity index (χ4n) is 9.31. The maximum Gasteiger partial charge on any atom is 0.0623 e. The minimum Gasteiger partial charge on any atom is -0.393 e. The summed E-state index contributed by atoms with van der Waals surface area (Å²) in [6.07, 6.45) is 7.04. The van der Waals surface area contributed by atoms with Crippen LogP contribution in [-0.2, 0) is 0 Å². The van der Waals surface area contributed by atoms with Gasteiger partial charge in [-0.25, -0.2) is 0 Å². The molecule has 4 heteroatoms. The molecule has 4 saturated carbocycles. The van der Waals surface area contributed by atoms with Crippen LogP contribution >= 0.6 is 0 Å². The number of hydrogen-bond acceptors (Lipinski definition) is 4. The molecule has 31 heavy (non-hydrogen) atoms. The molecule has 0 bridgehead atoms.